The summed E-state index contributed by atoms with van der Waals surface area (Å²) in [6, 6.07) is 1.91. The molecule has 1 aromatic heterocycles. The smallest absolute Gasteiger partial charge is 0.397 e. The van der Waals surface area contributed by atoms with Crippen molar-refractivity contribution in [2.24, 2.45) is 0 Å². The van der Waals surface area contributed by atoms with Crippen LogP contribution in [0.2, 0.25) is 5.02 Å². The molecule has 192 valence electrons. The van der Waals surface area contributed by atoms with Gasteiger partial charge < -0.3 is 9.26 Å². The van der Waals surface area contributed by atoms with Gasteiger partial charge in [0, 0.05) is 11.8 Å². The molecule has 0 radical (unpaired) electrons. The zero-order valence-electron chi connectivity index (χ0n) is 20.7. The van der Waals surface area contributed by atoms with Gasteiger partial charge in [0.1, 0.15) is 22.4 Å². The quantitative estimate of drug-likeness (QED) is 0.336. The van der Waals surface area contributed by atoms with E-state index in [0.717, 1.165) is 5.56 Å². The molecule has 0 spiro atoms. The number of halogens is 2. The van der Waals surface area contributed by atoms with Crippen LogP contribution in [0.15, 0.2) is 17.1 Å². The van der Waals surface area contributed by atoms with Crippen molar-refractivity contribution in [2.45, 2.75) is 84.2 Å². The van der Waals surface area contributed by atoms with Crippen LogP contribution in [-0.4, -0.2) is 22.3 Å². The lowest BCUT2D eigenvalue weighted by atomic mass is 9.78. The molecule has 2 aliphatic rings. The van der Waals surface area contributed by atoms with Crippen LogP contribution in [0.4, 0.5) is 4.39 Å². The van der Waals surface area contributed by atoms with E-state index in [1.807, 2.05) is 26.8 Å². The van der Waals surface area contributed by atoms with Crippen LogP contribution in [0.3, 0.4) is 0 Å². The van der Waals surface area contributed by atoms with E-state index < -0.39 is 14.8 Å². The van der Waals surface area contributed by atoms with Gasteiger partial charge in [-0.15, -0.1) is 0 Å². The lowest BCUT2D eigenvalue weighted by molar-refractivity contribution is -0.0229. The van der Waals surface area contributed by atoms with Crippen molar-refractivity contribution in [2.75, 3.05) is 6.61 Å². The first-order valence-corrected chi connectivity index (χ1v) is 13.4. The Labute approximate surface area is 215 Å². The minimum Gasteiger partial charge on any atom is -0.426 e. The maximum Gasteiger partial charge on any atom is 0.397 e. The number of fused-ring (bicyclic) bond motifs is 1. The first kappa shape index (κ1) is 26.7. The Morgan fingerprint density at radius 1 is 1.23 bits per heavy atom. The summed E-state index contributed by atoms with van der Waals surface area (Å²) < 4.78 is 40.8. The number of rotatable bonds is 4. The molecule has 2 aliphatic heterocycles. The van der Waals surface area contributed by atoms with Crippen LogP contribution >= 0.6 is 32.4 Å². The fourth-order valence-corrected chi connectivity index (χ4v) is 5.50. The summed E-state index contributed by atoms with van der Waals surface area (Å²) in [5.41, 5.74) is 1.00. The number of benzene rings is 1. The van der Waals surface area contributed by atoms with Crippen LogP contribution in [0.1, 0.15) is 77.3 Å². The number of hydrogen-bond acceptors (Lipinski definition) is 6. The number of aromatic amines is 1. The Morgan fingerprint density at radius 3 is 2.57 bits per heavy atom. The number of ether oxygens (including phenoxy) is 1. The summed E-state index contributed by atoms with van der Waals surface area (Å²) in [5.74, 6) is 0.217. The molecule has 3 unspecified atom stereocenters. The van der Waals surface area contributed by atoms with Gasteiger partial charge in [-0.25, -0.2) is 9.18 Å². The highest BCUT2D eigenvalue weighted by molar-refractivity contribution is 7.71. The van der Waals surface area contributed by atoms with E-state index in [1.54, 1.807) is 0 Å². The molecule has 7 nitrogen and oxygen atoms in total. The molecule has 1 fully saturated rings. The number of nitrogens with one attached hydrogen (secondary N) is 1. The summed E-state index contributed by atoms with van der Waals surface area (Å²) in [6.07, 6.45) is 2.05. The highest BCUT2D eigenvalue weighted by atomic mass is 35.5. The number of aromatic nitrogens is 2. The van der Waals surface area contributed by atoms with E-state index in [0.29, 0.717) is 29.7 Å². The Morgan fingerprint density at radius 2 is 1.91 bits per heavy atom. The van der Waals surface area contributed by atoms with Gasteiger partial charge in [-0.2, -0.15) is 0 Å². The van der Waals surface area contributed by atoms with E-state index in [9.17, 15) is 4.79 Å². The first-order chi connectivity index (χ1) is 16.3. The standard InChI is InChI=1S/C24H31ClFN2O5PS/c1-23(2,3)15-9-16(24(4,5)6)20-14(19(15)26)12-31-34(33-20)30-11-13-7-8-18(32-13)28-10-17(25)21(35)27-22(28)29/h9-10,13,18H,7-8,11-12H2,1-6H3,(H,27,29,35). The Hall–Kier alpha value is -1.35. The molecule has 1 saturated heterocycles. The molecule has 1 aromatic carbocycles. The molecular weight excluding hydrogens is 514 g/mol. The van der Waals surface area contributed by atoms with Gasteiger partial charge in [0.25, 0.3) is 0 Å². The average Bonchev–Trinajstić information content (AvgIpc) is 3.22. The van der Waals surface area contributed by atoms with Crippen LogP contribution < -0.4 is 10.2 Å². The maximum absolute atomic E-state index is 15.4. The topological polar surface area (TPSA) is 74.7 Å². The van der Waals surface area contributed by atoms with Crippen molar-refractivity contribution in [3.05, 3.63) is 54.9 Å². The summed E-state index contributed by atoms with van der Waals surface area (Å²) in [4.78, 5) is 14.8. The number of H-pyrrole nitrogens is 1. The van der Waals surface area contributed by atoms with Gasteiger partial charge in [0.05, 0.1) is 29.9 Å². The zero-order chi connectivity index (χ0) is 25.7. The van der Waals surface area contributed by atoms with Crippen molar-refractivity contribution >= 4 is 32.4 Å². The van der Waals surface area contributed by atoms with Gasteiger partial charge in [-0.3, -0.25) is 18.6 Å². The number of nitrogens with zero attached hydrogens (tertiary/aromatic N) is 1. The Balaban J connectivity index is 1.46. The van der Waals surface area contributed by atoms with Gasteiger partial charge in [-0.1, -0.05) is 65.4 Å². The van der Waals surface area contributed by atoms with Crippen molar-refractivity contribution in [3.63, 3.8) is 0 Å². The highest BCUT2D eigenvalue weighted by Gasteiger charge is 2.36. The van der Waals surface area contributed by atoms with Crippen LogP contribution in [-0.2, 0) is 31.2 Å². The molecule has 0 bridgehead atoms. The highest BCUT2D eigenvalue weighted by Crippen LogP contribution is 2.52. The molecule has 1 N–H and O–H groups in total. The van der Waals surface area contributed by atoms with Crippen LogP contribution in [0, 0.1) is 10.5 Å². The van der Waals surface area contributed by atoms with E-state index in [4.69, 9.17) is 42.1 Å². The van der Waals surface area contributed by atoms with Gasteiger partial charge in [0.15, 0.2) is 0 Å². The summed E-state index contributed by atoms with van der Waals surface area (Å²) in [7, 11) is -1.73. The lowest BCUT2D eigenvalue weighted by Gasteiger charge is -2.33. The Kier molecular flexibility index (Phi) is 7.51. The molecular formula is C24H31ClFN2O5PS. The summed E-state index contributed by atoms with van der Waals surface area (Å²) in [6.45, 7) is 12.5. The molecule has 2 aromatic rings. The molecule has 0 saturated carbocycles. The third-order valence-electron chi connectivity index (χ3n) is 6.09. The molecule has 0 amide bonds. The van der Waals surface area contributed by atoms with Gasteiger partial charge in [0.2, 0.25) is 0 Å². The van der Waals surface area contributed by atoms with Gasteiger partial charge in [-0.05, 0) is 35.3 Å². The Bertz CT molecular complexity index is 1240. The second kappa shape index (κ2) is 9.84. The largest absolute Gasteiger partial charge is 0.426 e. The van der Waals surface area contributed by atoms with Crippen molar-refractivity contribution in [1.82, 2.24) is 9.55 Å². The molecule has 35 heavy (non-hydrogen) atoms. The van der Waals surface area contributed by atoms with Crippen molar-refractivity contribution in [3.8, 4) is 5.75 Å². The lowest BCUT2D eigenvalue weighted by Crippen LogP contribution is -2.27. The van der Waals surface area contributed by atoms with E-state index in [-0.39, 0.29) is 51.3 Å². The number of hydrogen-bond donors (Lipinski definition) is 1. The van der Waals surface area contributed by atoms with E-state index in [1.165, 1.54) is 10.8 Å². The normalized spacial score (nSPS) is 22.7. The molecule has 3 atom stereocenters. The fourth-order valence-electron chi connectivity index (χ4n) is 4.15. The second-order valence-electron chi connectivity index (χ2n) is 10.9. The molecule has 11 heteroatoms. The average molecular weight is 545 g/mol. The first-order valence-electron chi connectivity index (χ1n) is 11.5. The van der Waals surface area contributed by atoms with Gasteiger partial charge >= 0.3 is 14.3 Å². The molecule has 3 heterocycles. The van der Waals surface area contributed by atoms with Crippen LogP contribution in [0.5, 0.6) is 5.75 Å². The van der Waals surface area contributed by atoms with Crippen molar-refractivity contribution < 1.29 is 22.7 Å². The third-order valence-corrected chi connectivity index (χ3v) is 7.84. The zero-order valence-corrected chi connectivity index (χ0v) is 23.2. The summed E-state index contributed by atoms with van der Waals surface area (Å²) in [5, 5.41) is 0.283. The summed E-state index contributed by atoms with van der Waals surface area (Å²) >= 11 is 11.1. The fraction of sp³-hybridized carbons (Fsp3) is 0.583. The molecule has 4 rings (SSSR count). The predicted octanol–water partition coefficient (Wildman–Crippen LogP) is 6.82. The predicted molar refractivity (Wildman–Crippen MR) is 136 cm³/mol. The minimum atomic E-state index is -1.73. The van der Waals surface area contributed by atoms with Crippen molar-refractivity contribution in [1.29, 1.82) is 0 Å². The third kappa shape index (κ3) is 5.65. The van der Waals surface area contributed by atoms with E-state index >= 15 is 4.39 Å². The SMILES string of the molecule is CC(C)(C)c1cc(C(C)(C)C)c2c(c1F)COP(OCC1CCC(n3cc(Cl)c(=S)[nH]c3=O)O1)O2. The van der Waals surface area contributed by atoms with E-state index in [2.05, 4.69) is 25.8 Å². The monoisotopic (exact) mass is 544 g/mol. The van der Waals surface area contributed by atoms with Crippen LogP contribution in [0.25, 0.3) is 0 Å². The molecule has 0 aliphatic carbocycles. The maximum atomic E-state index is 15.4. The minimum absolute atomic E-state index is 0.0746. The second-order valence-corrected chi connectivity index (χ2v) is 12.9.